The lowest BCUT2D eigenvalue weighted by Gasteiger charge is -2.10. The molecule has 0 unspecified atom stereocenters. The van der Waals surface area contributed by atoms with Gasteiger partial charge >= 0.3 is 0 Å². The van der Waals surface area contributed by atoms with Crippen molar-refractivity contribution in [2.45, 2.75) is 6.42 Å². The summed E-state index contributed by atoms with van der Waals surface area (Å²) in [7, 11) is 0. The van der Waals surface area contributed by atoms with E-state index in [0.717, 1.165) is 26.7 Å². The van der Waals surface area contributed by atoms with E-state index in [4.69, 9.17) is 23.2 Å². The molecule has 0 aliphatic carbocycles. The molecule has 0 radical (unpaired) electrons. The zero-order valence-corrected chi connectivity index (χ0v) is 15.8. The Kier molecular flexibility index (Phi) is 4.68. The van der Waals surface area contributed by atoms with Crippen molar-refractivity contribution in [2.75, 3.05) is 0 Å². The van der Waals surface area contributed by atoms with Gasteiger partial charge < -0.3 is 5.21 Å². The summed E-state index contributed by atoms with van der Waals surface area (Å²) in [6.45, 7) is 0. The standard InChI is InChI=1S/C19H13Cl2N3OS/c20-14-7-4-8-15(21)13(14)11-16(23-25)17-18(12-5-2-1-3-6-12)26-19-22-9-10-24(17)19/h1-10,25H,11H2/b23-16-. The molecule has 26 heavy (non-hydrogen) atoms. The minimum Gasteiger partial charge on any atom is -0.411 e. The van der Waals surface area contributed by atoms with Gasteiger partial charge in [0.1, 0.15) is 5.71 Å². The molecule has 130 valence electrons. The van der Waals surface area contributed by atoms with Crippen LogP contribution in [0.1, 0.15) is 11.3 Å². The molecule has 7 heteroatoms. The first kappa shape index (κ1) is 17.1. The molecule has 0 aliphatic heterocycles. The zero-order valence-electron chi connectivity index (χ0n) is 13.4. The van der Waals surface area contributed by atoms with Crippen LogP contribution in [0.4, 0.5) is 0 Å². The molecule has 0 amide bonds. The highest BCUT2D eigenvalue weighted by atomic mass is 35.5. The van der Waals surface area contributed by atoms with Crippen molar-refractivity contribution in [3.05, 3.63) is 82.2 Å². The van der Waals surface area contributed by atoms with Gasteiger partial charge in [-0.25, -0.2) is 4.98 Å². The summed E-state index contributed by atoms with van der Waals surface area (Å²) in [5.74, 6) is 0. The third-order valence-electron chi connectivity index (χ3n) is 4.09. The van der Waals surface area contributed by atoms with Crippen molar-refractivity contribution in [1.29, 1.82) is 0 Å². The molecule has 1 N–H and O–H groups in total. The maximum Gasteiger partial charge on any atom is 0.194 e. The molecular weight excluding hydrogens is 389 g/mol. The first-order chi connectivity index (χ1) is 12.7. The number of nitrogens with zero attached hydrogens (tertiary/aromatic N) is 3. The van der Waals surface area contributed by atoms with Crippen molar-refractivity contribution in [2.24, 2.45) is 5.16 Å². The fourth-order valence-electron chi connectivity index (χ4n) is 2.87. The molecular formula is C19H13Cl2N3OS. The van der Waals surface area contributed by atoms with Crippen molar-refractivity contribution in [3.63, 3.8) is 0 Å². The highest BCUT2D eigenvalue weighted by molar-refractivity contribution is 7.20. The second kappa shape index (κ2) is 7.11. The van der Waals surface area contributed by atoms with Crippen molar-refractivity contribution in [1.82, 2.24) is 9.38 Å². The fraction of sp³-hybridized carbons (Fsp3) is 0.0526. The van der Waals surface area contributed by atoms with Gasteiger partial charge in [0.15, 0.2) is 4.96 Å². The van der Waals surface area contributed by atoms with Crippen molar-refractivity contribution >= 4 is 45.2 Å². The predicted octanol–water partition coefficient (Wildman–Crippen LogP) is 5.79. The molecule has 2 aromatic heterocycles. The molecule has 4 rings (SSSR count). The average Bonchev–Trinajstić information content (AvgIpc) is 3.24. The number of benzene rings is 2. The second-order valence-corrected chi connectivity index (χ2v) is 7.44. The Morgan fingerprint density at radius 2 is 1.81 bits per heavy atom. The minimum atomic E-state index is 0.304. The van der Waals surface area contributed by atoms with Gasteiger partial charge in [-0.2, -0.15) is 0 Å². The van der Waals surface area contributed by atoms with Crippen LogP contribution in [0, 0.1) is 0 Å². The van der Waals surface area contributed by atoms with Crippen LogP contribution in [0.5, 0.6) is 0 Å². The number of fused-ring (bicyclic) bond motifs is 1. The monoisotopic (exact) mass is 401 g/mol. The molecule has 0 fully saturated rings. The van der Waals surface area contributed by atoms with E-state index in [-0.39, 0.29) is 0 Å². The highest BCUT2D eigenvalue weighted by Crippen LogP contribution is 2.35. The summed E-state index contributed by atoms with van der Waals surface area (Å²) < 4.78 is 1.92. The lowest BCUT2D eigenvalue weighted by atomic mass is 10.0. The van der Waals surface area contributed by atoms with Crippen LogP contribution in [-0.4, -0.2) is 20.3 Å². The van der Waals surface area contributed by atoms with E-state index in [1.807, 2.05) is 40.9 Å². The Hall–Kier alpha value is -2.34. The van der Waals surface area contributed by atoms with Gasteiger partial charge in [-0.3, -0.25) is 4.40 Å². The number of thiazole rings is 1. The van der Waals surface area contributed by atoms with E-state index >= 15 is 0 Å². The Bertz CT molecular complexity index is 1080. The number of rotatable bonds is 4. The third-order valence-corrected chi connectivity index (χ3v) is 5.92. The number of hydrogen-bond donors (Lipinski definition) is 1. The van der Waals surface area contributed by atoms with Gasteiger partial charge in [-0.1, -0.05) is 76.1 Å². The first-order valence-electron chi connectivity index (χ1n) is 7.84. The SMILES string of the molecule is O/N=C(/Cc1c(Cl)cccc1Cl)c1c(-c2ccccc2)sc2nccn12. The Morgan fingerprint density at radius 1 is 1.08 bits per heavy atom. The molecule has 4 nitrogen and oxygen atoms in total. The van der Waals surface area contributed by atoms with E-state index in [0.29, 0.717) is 22.2 Å². The van der Waals surface area contributed by atoms with Crippen molar-refractivity contribution in [3.8, 4) is 10.4 Å². The van der Waals surface area contributed by atoms with Crippen LogP contribution in [0.3, 0.4) is 0 Å². The summed E-state index contributed by atoms with van der Waals surface area (Å²) in [4.78, 5) is 6.18. The van der Waals surface area contributed by atoms with Crippen LogP contribution in [0.2, 0.25) is 10.0 Å². The lowest BCUT2D eigenvalue weighted by molar-refractivity contribution is 0.318. The van der Waals surface area contributed by atoms with Gasteiger partial charge in [0.25, 0.3) is 0 Å². The quantitative estimate of drug-likeness (QED) is 0.267. The fourth-order valence-corrected chi connectivity index (χ4v) is 4.52. The van der Waals surface area contributed by atoms with E-state index in [1.54, 1.807) is 35.7 Å². The van der Waals surface area contributed by atoms with Crippen LogP contribution < -0.4 is 0 Å². The van der Waals surface area contributed by atoms with E-state index < -0.39 is 0 Å². The normalized spacial score (nSPS) is 12.0. The van der Waals surface area contributed by atoms with E-state index in [2.05, 4.69) is 10.1 Å². The Balaban J connectivity index is 1.88. The van der Waals surface area contributed by atoms with Crippen molar-refractivity contribution < 1.29 is 5.21 Å². The molecule has 0 saturated carbocycles. The van der Waals surface area contributed by atoms with Gasteiger partial charge in [0.2, 0.25) is 0 Å². The van der Waals surface area contributed by atoms with Crippen LogP contribution in [-0.2, 0) is 6.42 Å². The van der Waals surface area contributed by atoms with E-state index in [9.17, 15) is 5.21 Å². The highest BCUT2D eigenvalue weighted by Gasteiger charge is 2.21. The van der Waals surface area contributed by atoms with Crippen LogP contribution in [0.15, 0.2) is 66.1 Å². The third kappa shape index (κ3) is 2.98. The molecule has 0 saturated heterocycles. The topological polar surface area (TPSA) is 49.9 Å². The molecule has 4 aromatic rings. The minimum absolute atomic E-state index is 0.304. The first-order valence-corrected chi connectivity index (χ1v) is 9.41. The summed E-state index contributed by atoms with van der Waals surface area (Å²) in [6.07, 6.45) is 3.88. The Labute approximate surface area is 164 Å². The number of aromatic nitrogens is 2. The number of imidazole rings is 1. The van der Waals surface area contributed by atoms with Gasteiger partial charge in [-0.15, -0.1) is 0 Å². The summed E-state index contributed by atoms with van der Waals surface area (Å²) in [6, 6.07) is 15.3. The van der Waals surface area contributed by atoms with E-state index in [1.165, 1.54) is 0 Å². The number of oxime groups is 1. The molecule has 0 bridgehead atoms. The summed E-state index contributed by atoms with van der Waals surface area (Å²) >= 11 is 14.2. The summed E-state index contributed by atoms with van der Waals surface area (Å²) in [5, 5.41) is 14.4. The largest absolute Gasteiger partial charge is 0.411 e. The zero-order chi connectivity index (χ0) is 18.1. The number of halogens is 2. The lowest BCUT2D eigenvalue weighted by Crippen LogP contribution is -2.10. The van der Waals surface area contributed by atoms with Gasteiger partial charge in [-0.05, 0) is 23.3 Å². The van der Waals surface area contributed by atoms with Crippen LogP contribution in [0.25, 0.3) is 15.4 Å². The smallest absolute Gasteiger partial charge is 0.194 e. The maximum absolute atomic E-state index is 9.78. The van der Waals surface area contributed by atoms with Gasteiger partial charge in [0, 0.05) is 28.9 Å². The maximum atomic E-state index is 9.78. The molecule has 0 spiro atoms. The summed E-state index contributed by atoms with van der Waals surface area (Å²) in [5.41, 5.74) is 3.02. The second-order valence-electron chi connectivity index (χ2n) is 5.65. The molecule has 0 aliphatic rings. The number of hydrogen-bond acceptors (Lipinski definition) is 4. The average molecular weight is 402 g/mol. The predicted molar refractivity (Wildman–Crippen MR) is 107 cm³/mol. The van der Waals surface area contributed by atoms with Crippen LogP contribution >= 0.6 is 34.5 Å². The Morgan fingerprint density at radius 3 is 2.50 bits per heavy atom. The molecule has 2 aromatic carbocycles. The van der Waals surface area contributed by atoms with Gasteiger partial charge in [0.05, 0.1) is 10.6 Å². The molecule has 2 heterocycles. The molecule has 0 atom stereocenters.